The van der Waals surface area contributed by atoms with Gasteiger partial charge in [-0.25, -0.2) is 8.42 Å². The molecule has 1 unspecified atom stereocenters. The molecular weight excluding hydrogens is 637 g/mol. The van der Waals surface area contributed by atoms with Crippen molar-refractivity contribution in [2.75, 3.05) is 10.8 Å². The van der Waals surface area contributed by atoms with E-state index in [1.54, 1.807) is 25.1 Å². The van der Waals surface area contributed by atoms with Crippen molar-refractivity contribution in [3.05, 3.63) is 92.9 Å². The average molecular weight is 667 g/mol. The molecule has 7 nitrogen and oxygen atoms in total. The molecule has 1 atom stereocenters. The second-order valence-electron chi connectivity index (χ2n) is 9.76. The third-order valence-corrected chi connectivity index (χ3v) is 9.72. The Morgan fingerprint density at radius 3 is 2.25 bits per heavy atom. The van der Waals surface area contributed by atoms with Crippen LogP contribution in [0.15, 0.2) is 82.2 Å². The molecular formula is C29H30BrCl2N3O4S. The molecule has 1 aliphatic rings. The zero-order chi connectivity index (χ0) is 28.9. The van der Waals surface area contributed by atoms with E-state index in [0.717, 1.165) is 40.0 Å². The molecule has 1 N–H and O–H groups in total. The highest BCUT2D eigenvalue weighted by Gasteiger charge is 2.33. The maximum Gasteiger partial charge on any atom is 0.264 e. The van der Waals surface area contributed by atoms with E-state index in [-0.39, 0.29) is 29.1 Å². The van der Waals surface area contributed by atoms with Crippen LogP contribution in [0.25, 0.3) is 0 Å². The summed E-state index contributed by atoms with van der Waals surface area (Å²) in [6.45, 7) is 1.25. The Bertz CT molecular complexity index is 1450. The van der Waals surface area contributed by atoms with Gasteiger partial charge in [-0.05, 0) is 79.9 Å². The molecule has 1 saturated carbocycles. The fourth-order valence-electron chi connectivity index (χ4n) is 4.65. The van der Waals surface area contributed by atoms with Gasteiger partial charge in [-0.1, -0.05) is 70.2 Å². The first-order valence-corrected chi connectivity index (χ1v) is 15.9. The molecule has 0 aromatic heterocycles. The molecule has 0 spiro atoms. The van der Waals surface area contributed by atoms with Crippen LogP contribution in [-0.2, 0) is 26.2 Å². The van der Waals surface area contributed by atoms with Gasteiger partial charge in [-0.3, -0.25) is 13.9 Å². The van der Waals surface area contributed by atoms with Crippen molar-refractivity contribution in [2.24, 2.45) is 0 Å². The zero-order valence-electron chi connectivity index (χ0n) is 21.9. The van der Waals surface area contributed by atoms with Crippen molar-refractivity contribution in [3.8, 4) is 0 Å². The van der Waals surface area contributed by atoms with Gasteiger partial charge in [0.2, 0.25) is 11.8 Å². The number of benzene rings is 3. The van der Waals surface area contributed by atoms with Gasteiger partial charge in [-0.15, -0.1) is 0 Å². The van der Waals surface area contributed by atoms with E-state index in [2.05, 4.69) is 21.2 Å². The van der Waals surface area contributed by atoms with E-state index >= 15 is 0 Å². The minimum Gasteiger partial charge on any atom is -0.352 e. The highest BCUT2D eigenvalue weighted by Crippen LogP contribution is 2.28. The summed E-state index contributed by atoms with van der Waals surface area (Å²) < 4.78 is 29.5. The lowest BCUT2D eigenvalue weighted by Crippen LogP contribution is -2.52. The number of hydrogen-bond acceptors (Lipinski definition) is 4. The quantitative estimate of drug-likeness (QED) is 0.270. The van der Waals surface area contributed by atoms with Crippen LogP contribution < -0.4 is 9.62 Å². The molecule has 0 bridgehead atoms. The third-order valence-electron chi connectivity index (χ3n) is 6.91. The van der Waals surface area contributed by atoms with E-state index in [0.29, 0.717) is 10.0 Å². The van der Waals surface area contributed by atoms with Gasteiger partial charge in [0.1, 0.15) is 12.6 Å². The second kappa shape index (κ2) is 13.4. The first-order valence-electron chi connectivity index (χ1n) is 12.9. The predicted octanol–water partition coefficient (Wildman–Crippen LogP) is 6.43. The zero-order valence-corrected chi connectivity index (χ0v) is 25.8. The molecule has 2 amide bonds. The van der Waals surface area contributed by atoms with Crippen LogP contribution in [0.5, 0.6) is 0 Å². The second-order valence-corrected chi connectivity index (χ2v) is 13.4. The van der Waals surface area contributed by atoms with Crippen molar-refractivity contribution in [1.82, 2.24) is 10.2 Å². The molecule has 3 aromatic carbocycles. The molecule has 11 heteroatoms. The van der Waals surface area contributed by atoms with Crippen molar-refractivity contribution in [1.29, 1.82) is 0 Å². The summed E-state index contributed by atoms with van der Waals surface area (Å²) in [5.74, 6) is -0.804. The Labute approximate surface area is 253 Å². The van der Waals surface area contributed by atoms with Crippen LogP contribution >= 0.6 is 39.1 Å². The lowest BCUT2D eigenvalue weighted by atomic mass is 10.1. The van der Waals surface area contributed by atoms with Gasteiger partial charge in [0.25, 0.3) is 10.0 Å². The predicted molar refractivity (Wildman–Crippen MR) is 162 cm³/mol. The number of nitrogens with zero attached hydrogens (tertiary/aromatic N) is 2. The van der Waals surface area contributed by atoms with E-state index in [1.165, 1.54) is 35.2 Å². The number of rotatable bonds is 10. The Hall–Kier alpha value is -2.59. The van der Waals surface area contributed by atoms with Crippen LogP contribution in [0, 0.1) is 0 Å². The maximum absolute atomic E-state index is 14.0. The van der Waals surface area contributed by atoms with Gasteiger partial charge in [-0.2, -0.15) is 0 Å². The van der Waals surface area contributed by atoms with Crippen LogP contribution in [0.1, 0.15) is 38.2 Å². The van der Waals surface area contributed by atoms with Crippen molar-refractivity contribution < 1.29 is 18.0 Å². The SMILES string of the molecule is CC(C(=O)NC1CCCC1)N(Cc1ccc(Br)cc1)C(=O)CN(c1cccc(Cl)c1)S(=O)(=O)c1ccc(Cl)cc1. The number of carbonyl (C=O) groups excluding carboxylic acids is 2. The van der Waals surface area contributed by atoms with E-state index in [1.807, 2.05) is 24.3 Å². The molecule has 0 aliphatic heterocycles. The number of sulfonamides is 1. The largest absolute Gasteiger partial charge is 0.352 e. The van der Waals surface area contributed by atoms with Gasteiger partial charge < -0.3 is 10.2 Å². The minimum atomic E-state index is -4.20. The lowest BCUT2D eigenvalue weighted by molar-refractivity contribution is -0.139. The smallest absolute Gasteiger partial charge is 0.264 e. The van der Waals surface area contributed by atoms with Crippen molar-refractivity contribution >= 4 is 66.7 Å². The molecule has 1 aliphatic carbocycles. The summed E-state index contributed by atoms with van der Waals surface area (Å²) in [5, 5.41) is 3.76. The molecule has 3 aromatic rings. The normalized spacial score (nSPS) is 14.5. The average Bonchev–Trinajstić information content (AvgIpc) is 3.44. The summed E-state index contributed by atoms with van der Waals surface area (Å²) in [4.78, 5) is 28.6. The van der Waals surface area contributed by atoms with E-state index < -0.39 is 28.5 Å². The van der Waals surface area contributed by atoms with Gasteiger partial charge in [0, 0.05) is 27.1 Å². The Morgan fingerprint density at radius 2 is 1.62 bits per heavy atom. The summed E-state index contributed by atoms with van der Waals surface area (Å²) in [5.41, 5.74) is 1.02. The summed E-state index contributed by atoms with van der Waals surface area (Å²) in [7, 11) is -4.20. The summed E-state index contributed by atoms with van der Waals surface area (Å²) >= 11 is 15.6. The Morgan fingerprint density at radius 1 is 0.975 bits per heavy atom. The number of anilines is 1. The Balaban J connectivity index is 1.68. The van der Waals surface area contributed by atoms with E-state index in [9.17, 15) is 18.0 Å². The Kier molecular flexibility index (Phi) is 10.2. The molecule has 40 heavy (non-hydrogen) atoms. The van der Waals surface area contributed by atoms with Gasteiger partial charge >= 0.3 is 0 Å². The lowest BCUT2D eigenvalue weighted by Gasteiger charge is -2.32. The van der Waals surface area contributed by atoms with Gasteiger partial charge in [0.15, 0.2) is 0 Å². The maximum atomic E-state index is 14.0. The molecule has 0 radical (unpaired) electrons. The monoisotopic (exact) mass is 665 g/mol. The van der Waals surface area contributed by atoms with Gasteiger partial charge in [0.05, 0.1) is 10.6 Å². The third kappa shape index (κ3) is 7.57. The molecule has 0 heterocycles. The molecule has 4 rings (SSSR count). The van der Waals surface area contributed by atoms with Crippen LogP contribution in [0.2, 0.25) is 10.0 Å². The van der Waals surface area contributed by atoms with Crippen LogP contribution in [-0.4, -0.2) is 43.8 Å². The standard InChI is InChI=1S/C29H30BrCl2N3O4S/c1-20(29(37)33-25-6-2-3-7-25)34(18-21-9-11-22(30)12-10-21)28(36)19-35(26-8-4-5-24(32)17-26)40(38,39)27-15-13-23(31)14-16-27/h4-5,8-17,20,25H,2-3,6-7,18-19H2,1H3,(H,33,37). The molecule has 1 fully saturated rings. The first kappa shape index (κ1) is 30.4. The number of halogens is 3. The summed E-state index contributed by atoms with van der Waals surface area (Å²) in [6, 6.07) is 18.7. The fraction of sp³-hybridized carbons (Fsp3) is 0.310. The van der Waals surface area contributed by atoms with E-state index in [4.69, 9.17) is 23.2 Å². The van der Waals surface area contributed by atoms with Crippen LogP contribution in [0.4, 0.5) is 5.69 Å². The number of amides is 2. The van der Waals surface area contributed by atoms with Crippen molar-refractivity contribution in [3.63, 3.8) is 0 Å². The summed E-state index contributed by atoms with van der Waals surface area (Å²) in [6.07, 6.45) is 3.91. The van der Waals surface area contributed by atoms with Crippen LogP contribution in [0.3, 0.4) is 0 Å². The fourth-order valence-corrected chi connectivity index (χ4v) is 6.64. The molecule has 212 valence electrons. The topological polar surface area (TPSA) is 86.8 Å². The highest BCUT2D eigenvalue weighted by atomic mass is 79.9. The number of carbonyl (C=O) groups is 2. The first-order chi connectivity index (χ1) is 19.0. The minimum absolute atomic E-state index is 0.0313. The number of hydrogen-bond donors (Lipinski definition) is 1. The number of nitrogens with one attached hydrogen (secondary N) is 1. The molecule has 0 saturated heterocycles. The highest BCUT2D eigenvalue weighted by molar-refractivity contribution is 9.10. The van der Waals surface area contributed by atoms with Crippen molar-refractivity contribution in [2.45, 2.75) is 56.1 Å².